The van der Waals surface area contributed by atoms with E-state index in [1.54, 1.807) is 0 Å². The maximum atomic E-state index is 12.6. The van der Waals surface area contributed by atoms with Crippen molar-refractivity contribution in [2.24, 2.45) is 0 Å². The fraction of sp³-hybridized carbons (Fsp3) is 0.778. The summed E-state index contributed by atoms with van der Waals surface area (Å²) in [6.07, 6.45) is 0.271. The molecule has 0 aliphatic rings. The molecule has 0 radical (unpaired) electrons. The molecule has 11 nitrogen and oxygen atoms in total. The molecule has 30 heavy (non-hydrogen) atoms. The van der Waals surface area contributed by atoms with Gasteiger partial charge in [0.05, 0.1) is 7.11 Å². The van der Waals surface area contributed by atoms with E-state index in [0.717, 1.165) is 13.0 Å². The van der Waals surface area contributed by atoms with Crippen LogP contribution >= 0.6 is 11.8 Å². The molecule has 0 saturated heterocycles. The minimum absolute atomic E-state index is 0.0637. The molecule has 0 aromatic carbocycles. The summed E-state index contributed by atoms with van der Waals surface area (Å²) in [7, 11) is 5.13. The summed E-state index contributed by atoms with van der Waals surface area (Å²) < 4.78 is 4.46. The predicted molar refractivity (Wildman–Crippen MR) is 115 cm³/mol. The smallest absolute Gasteiger partial charge is 0.406 e. The van der Waals surface area contributed by atoms with E-state index >= 15 is 0 Å². The van der Waals surface area contributed by atoms with Gasteiger partial charge in [0.25, 0.3) is 0 Å². The summed E-state index contributed by atoms with van der Waals surface area (Å²) >= 11 is 1.35. The molecule has 2 atom stereocenters. The average molecular weight is 450 g/mol. The number of thioether (sulfide) groups is 1. The van der Waals surface area contributed by atoms with E-state index in [1.807, 2.05) is 19.0 Å². The molecular weight excluding hydrogens is 414 g/mol. The maximum absolute atomic E-state index is 12.6. The Hall–Kier alpha value is -2.05. The van der Waals surface area contributed by atoms with Crippen molar-refractivity contribution in [1.82, 2.24) is 26.2 Å². The highest BCUT2D eigenvalue weighted by Gasteiger charge is 2.25. The fourth-order valence-corrected chi connectivity index (χ4v) is 3.21. The number of nitrogens with zero attached hydrogens (tertiary/aromatic N) is 1. The van der Waals surface area contributed by atoms with Gasteiger partial charge in [-0.25, -0.2) is 4.79 Å². The van der Waals surface area contributed by atoms with Crippen LogP contribution in [0.15, 0.2) is 0 Å². The molecule has 0 unspecified atom stereocenters. The molecule has 4 amide bonds. The van der Waals surface area contributed by atoms with Gasteiger partial charge in [-0.2, -0.15) is 11.8 Å². The first kappa shape index (κ1) is 27.9. The van der Waals surface area contributed by atoms with Crippen LogP contribution in [0.4, 0.5) is 4.79 Å². The van der Waals surface area contributed by atoms with Gasteiger partial charge < -0.3 is 36.0 Å². The molecule has 0 aromatic rings. The lowest BCUT2D eigenvalue weighted by molar-refractivity contribution is -0.131. The Balaban J connectivity index is 4.66. The van der Waals surface area contributed by atoms with Gasteiger partial charge in [0, 0.05) is 38.1 Å². The molecule has 0 heterocycles. The van der Waals surface area contributed by atoms with Crippen LogP contribution in [0.3, 0.4) is 0 Å². The van der Waals surface area contributed by atoms with E-state index in [2.05, 4.69) is 26.0 Å². The Morgan fingerprint density at radius 1 is 1.03 bits per heavy atom. The van der Waals surface area contributed by atoms with Gasteiger partial charge in [-0.15, -0.1) is 0 Å². The van der Waals surface area contributed by atoms with Crippen LogP contribution in [-0.2, 0) is 19.1 Å². The maximum Gasteiger partial charge on any atom is 0.406 e. The van der Waals surface area contributed by atoms with Crippen LogP contribution in [0.2, 0.25) is 0 Å². The van der Waals surface area contributed by atoms with E-state index in [4.69, 9.17) is 0 Å². The monoisotopic (exact) mass is 449 g/mol. The Morgan fingerprint density at radius 2 is 1.73 bits per heavy atom. The van der Waals surface area contributed by atoms with Crippen molar-refractivity contribution in [3.05, 3.63) is 0 Å². The van der Waals surface area contributed by atoms with E-state index in [9.17, 15) is 24.3 Å². The van der Waals surface area contributed by atoms with Gasteiger partial charge in [-0.05, 0) is 33.5 Å². The number of hydrogen-bond donors (Lipinski definition) is 5. The minimum atomic E-state index is -0.899. The molecule has 174 valence electrons. The van der Waals surface area contributed by atoms with E-state index in [0.29, 0.717) is 18.8 Å². The van der Waals surface area contributed by atoms with Crippen molar-refractivity contribution >= 4 is 35.6 Å². The van der Waals surface area contributed by atoms with Gasteiger partial charge in [0.15, 0.2) is 0 Å². The number of carbonyl (C=O) groups excluding carboxylic acids is 4. The first-order valence-electron chi connectivity index (χ1n) is 9.71. The van der Waals surface area contributed by atoms with E-state index in [-0.39, 0.29) is 30.6 Å². The van der Waals surface area contributed by atoms with Crippen molar-refractivity contribution < 1.29 is 29.0 Å². The summed E-state index contributed by atoms with van der Waals surface area (Å²) in [6.45, 7) is 2.63. The lowest BCUT2D eigenvalue weighted by Gasteiger charge is -2.22. The first-order chi connectivity index (χ1) is 14.2. The van der Waals surface area contributed by atoms with Gasteiger partial charge in [0.1, 0.15) is 12.1 Å². The SMILES string of the molecule is COC(=O)NCCSC[C@H](NC(C)=O)C(=O)N[C@@H](CCO)C(=O)NCCCN(C)C. The van der Waals surface area contributed by atoms with E-state index < -0.39 is 24.1 Å². The van der Waals surface area contributed by atoms with Crippen molar-refractivity contribution in [2.75, 3.05) is 59.0 Å². The van der Waals surface area contributed by atoms with Crippen molar-refractivity contribution in [3.63, 3.8) is 0 Å². The van der Waals surface area contributed by atoms with E-state index in [1.165, 1.54) is 25.8 Å². The number of aliphatic hydroxyl groups is 1. The first-order valence-corrected chi connectivity index (χ1v) is 10.9. The molecule has 5 N–H and O–H groups in total. The molecule has 0 aliphatic carbocycles. The normalized spacial score (nSPS) is 12.6. The summed E-state index contributed by atoms with van der Waals surface area (Å²) in [5, 5.41) is 19.7. The molecular formula is C18H35N5O6S. The minimum Gasteiger partial charge on any atom is -0.453 e. The number of alkyl carbamates (subject to hydrolysis) is 1. The zero-order valence-electron chi connectivity index (χ0n) is 18.2. The highest BCUT2D eigenvalue weighted by Crippen LogP contribution is 2.04. The zero-order chi connectivity index (χ0) is 22.9. The Morgan fingerprint density at radius 3 is 2.30 bits per heavy atom. The molecule has 12 heteroatoms. The number of aliphatic hydroxyl groups excluding tert-OH is 1. The molecule has 0 fully saturated rings. The highest BCUT2D eigenvalue weighted by atomic mass is 32.2. The summed E-state index contributed by atoms with van der Waals surface area (Å²) in [5.74, 6) is -0.515. The second-order valence-electron chi connectivity index (χ2n) is 6.77. The average Bonchev–Trinajstić information content (AvgIpc) is 2.68. The zero-order valence-corrected chi connectivity index (χ0v) is 19.0. The third-order valence-electron chi connectivity index (χ3n) is 3.81. The number of rotatable bonds is 15. The summed E-state index contributed by atoms with van der Waals surface area (Å²) in [5.41, 5.74) is 0. The third kappa shape index (κ3) is 14.0. The predicted octanol–water partition coefficient (Wildman–Crippen LogP) is -1.48. The van der Waals surface area contributed by atoms with Crippen molar-refractivity contribution in [1.29, 1.82) is 0 Å². The number of nitrogens with one attached hydrogen (secondary N) is 4. The largest absolute Gasteiger partial charge is 0.453 e. The number of ether oxygens (including phenoxy) is 1. The van der Waals surface area contributed by atoms with Crippen LogP contribution < -0.4 is 21.3 Å². The Labute approximate surface area is 182 Å². The summed E-state index contributed by atoms with van der Waals surface area (Å²) in [4.78, 5) is 49.4. The van der Waals surface area contributed by atoms with Gasteiger partial charge in [0.2, 0.25) is 17.7 Å². The quantitative estimate of drug-likeness (QED) is 0.190. The standard InChI is InChI=1S/C18H35N5O6S/c1-13(25)21-15(12-30-11-8-20-18(28)29-4)17(27)22-14(6-10-24)16(26)19-7-5-9-23(2)3/h14-15,24H,5-12H2,1-4H3,(H,19,26)(H,20,28)(H,21,25)(H,22,27)/t14-,15-/m0/s1. The number of amides is 4. The Kier molecular flexibility index (Phi) is 15.6. The van der Waals surface area contributed by atoms with Gasteiger partial charge in [-0.1, -0.05) is 0 Å². The molecule has 0 rings (SSSR count). The lowest BCUT2D eigenvalue weighted by atomic mass is 10.1. The van der Waals surface area contributed by atoms with Crippen molar-refractivity contribution in [3.8, 4) is 0 Å². The van der Waals surface area contributed by atoms with Crippen molar-refractivity contribution in [2.45, 2.75) is 31.8 Å². The number of hydrogen-bond acceptors (Lipinski definition) is 8. The molecule has 0 bridgehead atoms. The van der Waals surface area contributed by atoms with Gasteiger partial charge >= 0.3 is 6.09 Å². The lowest BCUT2D eigenvalue weighted by Crippen LogP contribution is -2.54. The Bertz CT molecular complexity index is 549. The molecule has 0 spiro atoms. The molecule has 0 aromatic heterocycles. The van der Waals surface area contributed by atoms with Crippen LogP contribution in [0, 0.1) is 0 Å². The third-order valence-corrected chi connectivity index (χ3v) is 4.87. The highest BCUT2D eigenvalue weighted by molar-refractivity contribution is 7.99. The molecule has 0 aliphatic heterocycles. The second kappa shape index (κ2) is 16.7. The summed E-state index contributed by atoms with van der Waals surface area (Å²) in [6, 6.07) is -1.75. The topological polar surface area (TPSA) is 149 Å². The van der Waals surface area contributed by atoms with Crippen LogP contribution in [0.25, 0.3) is 0 Å². The number of carbonyl (C=O) groups is 4. The van der Waals surface area contributed by atoms with Gasteiger partial charge in [-0.3, -0.25) is 14.4 Å². The van der Waals surface area contributed by atoms with Crippen LogP contribution in [-0.4, -0.2) is 105 Å². The second-order valence-corrected chi connectivity index (χ2v) is 7.92. The molecule has 0 saturated carbocycles. The van der Waals surface area contributed by atoms with Crippen LogP contribution in [0.1, 0.15) is 19.8 Å². The van der Waals surface area contributed by atoms with Crippen LogP contribution in [0.5, 0.6) is 0 Å². The number of methoxy groups -OCH3 is 1. The fourth-order valence-electron chi connectivity index (χ4n) is 2.33.